The number of nitrogens with one attached hydrogen (secondary N) is 1. The fraction of sp³-hybridized carbons (Fsp3) is 0.0476. The van der Waals surface area contributed by atoms with E-state index in [0.29, 0.717) is 16.1 Å². The zero-order valence-corrected chi connectivity index (χ0v) is 14.6. The van der Waals surface area contributed by atoms with Gasteiger partial charge in [0.05, 0.1) is 6.04 Å². The van der Waals surface area contributed by atoms with Gasteiger partial charge in [-0.3, -0.25) is 9.59 Å². The van der Waals surface area contributed by atoms with Gasteiger partial charge in [0, 0.05) is 16.1 Å². The molecule has 26 heavy (non-hydrogen) atoms. The molecule has 0 aromatic heterocycles. The van der Waals surface area contributed by atoms with E-state index in [0.717, 1.165) is 11.1 Å². The third-order valence-electron chi connectivity index (χ3n) is 4.04. The molecule has 3 aromatic carbocycles. The Hall–Kier alpha value is -3.11. The monoisotopic (exact) mass is 364 g/mol. The Morgan fingerprint density at radius 3 is 1.88 bits per heavy atom. The van der Waals surface area contributed by atoms with Crippen molar-refractivity contribution in [2.75, 3.05) is 0 Å². The molecule has 0 saturated heterocycles. The van der Waals surface area contributed by atoms with Crippen molar-refractivity contribution in [3.63, 3.8) is 0 Å². The number of hydrogen-bond donors (Lipinski definition) is 2. The van der Waals surface area contributed by atoms with Crippen molar-refractivity contribution in [2.24, 2.45) is 5.73 Å². The van der Waals surface area contributed by atoms with Crippen LogP contribution in [0.25, 0.3) is 0 Å². The van der Waals surface area contributed by atoms with Gasteiger partial charge in [0.25, 0.3) is 5.91 Å². The molecule has 2 amide bonds. The molecule has 3 rings (SSSR count). The predicted octanol–water partition coefficient (Wildman–Crippen LogP) is 3.96. The highest BCUT2D eigenvalue weighted by molar-refractivity contribution is 6.30. The summed E-state index contributed by atoms with van der Waals surface area (Å²) in [6.07, 6.45) is 0. The van der Waals surface area contributed by atoms with E-state index in [2.05, 4.69) is 5.32 Å². The summed E-state index contributed by atoms with van der Waals surface area (Å²) in [5.74, 6) is -0.773. The summed E-state index contributed by atoms with van der Waals surface area (Å²) < 4.78 is 0. The molecule has 1 unspecified atom stereocenters. The molecular weight excluding hydrogens is 348 g/mol. The number of carbonyl (C=O) groups is 2. The Balaban J connectivity index is 1.89. The Bertz CT molecular complexity index is 907. The number of halogens is 1. The Morgan fingerprint density at radius 1 is 0.769 bits per heavy atom. The number of carbonyl (C=O) groups excluding carboxylic acids is 2. The summed E-state index contributed by atoms with van der Waals surface area (Å²) in [5.41, 5.74) is 7.92. The van der Waals surface area contributed by atoms with Gasteiger partial charge in [0.15, 0.2) is 0 Å². The summed E-state index contributed by atoms with van der Waals surface area (Å²) in [7, 11) is 0. The van der Waals surface area contributed by atoms with Crippen molar-refractivity contribution in [1.29, 1.82) is 0 Å². The van der Waals surface area contributed by atoms with Gasteiger partial charge < -0.3 is 11.1 Å². The van der Waals surface area contributed by atoms with E-state index >= 15 is 0 Å². The SMILES string of the molecule is NC(=O)c1ccc(C(=O)NC(c2ccccc2)c2ccc(Cl)cc2)cc1. The molecule has 4 nitrogen and oxygen atoms in total. The average molecular weight is 365 g/mol. The van der Waals surface area contributed by atoms with Gasteiger partial charge in [-0.15, -0.1) is 0 Å². The highest BCUT2D eigenvalue weighted by Gasteiger charge is 2.18. The minimum Gasteiger partial charge on any atom is -0.366 e. The summed E-state index contributed by atoms with van der Waals surface area (Å²) >= 11 is 5.98. The number of hydrogen-bond acceptors (Lipinski definition) is 2. The van der Waals surface area contributed by atoms with Crippen LogP contribution in [0.4, 0.5) is 0 Å². The van der Waals surface area contributed by atoms with Crippen molar-refractivity contribution in [3.05, 3.63) is 106 Å². The van der Waals surface area contributed by atoms with Crippen molar-refractivity contribution in [3.8, 4) is 0 Å². The van der Waals surface area contributed by atoms with Crippen molar-refractivity contribution < 1.29 is 9.59 Å². The first-order valence-electron chi connectivity index (χ1n) is 8.06. The van der Waals surface area contributed by atoms with Crippen LogP contribution in [0, 0.1) is 0 Å². The lowest BCUT2D eigenvalue weighted by Crippen LogP contribution is -2.29. The van der Waals surface area contributed by atoms with Crippen molar-refractivity contribution in [1.82, 2.24) is 5.32 Å². The van der Waals surface area contributed by atoms with Crippen LogP contribution in [0.3, 0.4) is 0 Å². The number of rotatable bonds is 5. The Morgan fingerprint density at radius 2 is 1.31 bits per heavy atom. The van der Waals surface area contributed by atoms with Crippen LogP contribution in [0.2, 0.25) is 5.02 Å². The maximum atomic E-state index is 12.7. The smallest absolute Gasteiger partial charge is 0.252 e. The summed E-state index contributed by atoms with van der Waals surface area (Å²) in [4.78, 5) is 23.9. The maximum Gasteiger partial charge on any atom is 0.252 e. The molecular formula is C21H17ClN2O2. The number of primary amides is 1. The van der Waals surface area contributed by atoms with Crippen molar-refractivity contribution in [2.45, 2.75) is 6.04 Å². The molecule has 130 valence electrons. The third-order valence-corrected chi connectivity index (χ3v) is 4.30. The van der Waals surface area contributed by atoms with Crippen LogP contribution in [0.1, 0.15) is 37.9 Å². The fourth-order valence-corrected chi connectivity index (χ4v) is 2.79. The molecule has 0 radical (unpaired) electrons. The van der Waals surface area contributed by atoms with E-state index in [-0.39, 0.29) is 11.9 Å². The van der Waals surface area contributed by atoms with Crippen LogP contribution < -0.4 is 11.1 Å². The van der Waals surface area contributed by atoms with E-state index in [9.17, 15) is 9.59 Å². The highest BCUT2D eigenvalue weighted by atomic mass is 35.5. The Labute approximate surface area is 156 Å². The van der Waals surface area contributed by atoms with Gasteiger partial charge in [0.2, 0.25) is 5.91 Å². The molecule has 3 aromatic rings. The number of nitrogens with two attached hydrogens (primary N) is 1. The molecule has 1 atom stereocenters. The second-order valence-electron chi connectivity index (χ2n) is 5.81. The highest BCUT2D eigenvalue weighted by Crippen LogP contribution is 2.24. The van der Waals surface area contributed by atoms with E-state index in [1.807, 2.05) is 42.5 Å². The minimum absolute atomic E-state index is 0.246. The summed E-state index contributed by atoms with van der Waals surface area (Å²) in [6, 6.07) is 23.0. The number of amides is 2. The molecule has 0 aliphatic rings. The van der Waals surface area contributed by atoms with Crippen LogP contribution in [0.15, 0.2) is 78.9 Å². The van der Waals surface area contributed by atoms with Crippen LogP contribution in [-0.2, 0) is 0 Å². The maximum absolute atomic E-state index is 12.7. The lowest BCUT2D eigenvalue weighted by atomic mass is 9.98. The molecule has 3 N–H and O–H groups in total. The zero-order valence-electron chi connectivity index (χ0n) is 13.9. The van der Waals surface area contributed by atoms with Gasteiger partial charge in [-0.25, -0.2) is 0 Å². The van der Waals surface area contributed by atoms with Gasteiger partial charge in [-0.05, 0) is 47.5 Å². The van der Waals surface area contributed by atoms with Crippen LogP contribution >= 0.6 is 11.6 Å². The van der Waals surface area contributed by atoms with Crippen LogP contribution in [-0.4, -0.2) is 11.8 Å². The van der Waals surface area contributed by atoms with E-state index in [4.69, 9.17) is 17.3 Å². The summed E-state index contributed by atoms with van der Waals surface area (Å²) in [5, 5.41) is 3.67. The normalized spacial score (nSPS) is 11.6. The molecule has 0 fully saturated rings. The first-order chi connectivity index (χ1) is 12.5. The second kappa shape index (κ2) is 7.85. The minimum atomic E-state index is -0.528. The van der Waals surface area contributed by atoms with Crippen molar-refractivity contribution >= 4 is 23.4 Å². The average Bonchev–Trinajstić information content (AvgIpc) is 2.67. The molecule has 0 aliphatic carbocycles. The topological polar surface area (TPSA) is 72.2 Å². The molecule has 0 saturated carbocycles. The summed E-state index contributed by atoms with van der Waals surface area (Å²) in [6.45, 7) is 0. The van der Waals surface area contributed by atoms with E-state index in [1.54, 1.807) is 24.3 Å². The Kier molecular flexibility index (Phi) is 5.34. The standard InChI is InChI=1S/C21H17ClN2O2/c22-18-12-10-15(11-13-18)19(14-4-2-1-3-5-14)24-21(26)17-8-6-16(7-9-17)20(23)25/h1-13,19H,(H2,23,25)(H,24,26). The van der Waals surface area contributed by atoms with Gasteiger partial charge in [0.1, 0.15) is 0 Å². The molecule has 0 heterocycles. The van der Waals surface area contributed by atoms with E-state index in [1.165, 1.54) is 12.1 Å². The lowest BCUT2D eigenvalue weighted by Gasteiger charge is -2.20. The predicted molar refractivity (Wildman–Crippen MR) is 102 cm³/mol. The molecule has 5 heteroatoms. The molecule has 0 bridgehead atoms. The first kappa shape index (κ1) is 17.7. The van der Waals surface area contributed by atoms with Gasteiger partial charge >= 0.3 is 0 Å². The molecule has 0 aliphatic heterocycles. The fourth-order valence-electron chi connectivity index (χ4n) is 2.66. The second-order valence-corrected chi connectivity index (χ2v) is 6.25. The molecule has 0 spiro atoms. The van der Waals surface area contributed by atoms with Crippen LogP contribution in [0.5, 0.6) is 0 Å². The van der Waals surface area contributed by atoms with E-state index < -0.39 is 5.91 Å². The third kappa shape index (κ3) is 4.10. The first-order valence-corrected chi connectivity index (χ1v) is 8.43. The number of benzene rings is 3. The van der Waals surface area contributed by atoms with Gasteiger partial charge in [-0.1, -0.05) is 54.1 Å². The zero-order chi connectivity index (χ0) is 18.5. The largest absolute Gasteiger partial charge is 0.366 e. The lowest BCUT2D eigenvalue weighted by molar-refractivity contribution is 0.0940. The quantitative estimate of drug-likeness (QED) is 0.719. The van der Waals surface area contributed by atoms with Gasteiger partial charge in [-0.2, -0.15) is 0 Å².